The highest BCUT2D eigenvalue weighted by atomic mass is 32.2. The SMILES string of the molecule is CCCNC(COCCC)C1CSCCS1. The highest BCUT2D eigenvalue weighted by molar-refractivity contribution is 8.06. The van der Waals surface area contributed by atoms with Crippen LogP contribution in [0, 0.1) is 0 Å². The predicted octanol–water partition coefficient (Wildman–Crippen LogP) is 2.63. The van der Waals surface area contributed by atoms with Crippen molar-refractivity contribution in [3.8, 4) is 0 Å². The van der Waals surface area contributed by atoms with Crippen molar-refractivity contribution in [3.05, 3.63) is 0 Å². The van der Waals surface area contributed by atoms with Gasteiger partial charge in [0.25, 0.3) is 0 Å². The summed E-state index contributed by atoms with van der Waals surface area (Å²) in [5.74, 6) is 3.90. The van der Waals surface area contributed by atoms with Crippen LogP contribution in [-0.2, 0) is 4.74 Å². The van der Waals surface area contributed by atoms with Crippen LogP contribution in [0.1, 0.15) is 26.7 Å². The standard InChI is InChI=1S/C12H25NOS2/c1-3-5-13-11(9-14-6-4-2)12-10-15-7-8-16-12/h11-13H,3-10H2,1-2H3. The Labute approximate surface area is 109 Å². The fourth-order valence-corrected chi connectivity index (χ4v) is 4.59. The minimum absolute atomic E-state index is 0.546. The highest BCUT2D eigenvalue weighted by Gasteiger charge is 2.23. The van der Waals surface area contributed by atoms with Crippen molar-refractivity contribution >= 4 is 23.5 Å². The number of ether oxygens (including phenoxy) is 1. The van der Waals surface area contributed by atoms with Gasteiger partial charge in [-0.3, -0.25) is 0 Å². The Morgan fingerprint density at radius 3 is 2.81 bits per heavy atom. The third-order valence-corrected chi connectivity index (χ3v) is 5.51. The van der Waals surface area contributed by atoms with E-state index in [1.807, 2.05) is 0 Å². The largest absolute Gasteiger partial charge is 0.380 e. The third kappa shape index (κ3) is 5.80. The van der Waals surface area contributed by atoms with Crippen molar-refractivity contribution in [2.24, 2.45) is 0 Å². The van der Waals surface area contributed by atoms with E-state index in [0.717, 1.165) is 31.4 Å². The van der Waals surface area contributed by atoms with Gasteiger partial charge in [0.1, 0.15) is 0 Å². The van der Waals surface area contributed by atoms with Crippen LogP contribution in [0.15, 0.2) is 0 Å². The van der Waals surface area contributed by atoms with E-state index in [2.05, 4.69) is 42.7 Å². The molecular weight excluding hydrogens is 238 g/mol. The van der Waals surface area contributed by atoms with Gasteiger partial charge >= 0.3 is 0 Å². The molecule has 4 heteroatoms. The first kappa shape index (κ1) is 14.7. The molecule has 0 aliphatic carbocycles. The Balaban J connectivity index is 2.28. The molecule has 0 aromatic heterocycles. The molecule has 0 spiro atoms. The second-order valence-electron chi connectivity index (χ2n) is 4.12. The zero-order valence-electron chi connectivity index (χ0n) is 10.5. The van der Waals surface area contributed by atoms with Crippen LogP contribution in [0.25, 0.3) is 0 Å². The van der Waals surface area contributed by atoms with Crippen LogP contribution in [-0.4, -0.2) is 48.3 Å². The average Bonchev–Trinajstić information content (AvgIpc) is 2.35. The van der Waals surface area contributed by atoms with E-state index in [4.69, 9.17) is 4.74 Å². The van der Waals surface area contributed by atoms with Crippen LogP contribution in [0.3, 0.4) is 0 Å². The van der Waals surface area contributed by atoms with Crippen LogP contribution in [0.4, 0.5) is 0 Å². The monoisotopic (exact) mass is 263 g/mol. The summed E-state index contributed by atoms with van der Waals surface area (Å²) >= 11 is 4.20. The summed E-state index contributed by atoms with van der Waals surface area (Å²) in [6.45, 7) is 7.28. The molecule has 0 aromatic carbocycles. The lowest BCUT2D eigenvalue weighted by Crippen LogP contribution is -2.44. The second-order valence-corrected chi connectivity index (χ2v) is 6.62. The Kier molecular flexibility index (Phi) is 8.84. The lowest BCUT2D eigenvalue weighted by Gasteiger charge is -2.30. The minimum atomic E-state index is 0.546. The number of hydrogen-bond acceptors (Lipinski definition) is 4. The summed E-state index contributed by atoms with van der Waals surface area (Å²) in [4.78, 5) is 0. The first-order valence-electron chi connectivity index (χ1n) is 6.39. The fourth-order valence-electron chi connectivity index (χ4n) is 1.72. The Hall–Kier alpha value is 0.620. The maximum atomic E-state index is 5.71. The topological polar surface area (TPSA) is 21.3 Å². The summed E-state index contributed by atoms with van der Waals surface area (Å²) in [6, 6.07) is 0.546. The highest BCUT2D eigenvalue weighted by Crippen LogP contribution is 2.26. The molecule has 0 radical (unpaired) electrons. The van der Waals surface area contributed by atoms with Crippen LogP contribution in [0.5, 0.6) is 0 Å². The van der Waals surface area contributed by atoms with Crippen molar-refractivity contribution in [3.63, 3.8) is 0 Å². The normalized spacial score (nSPS) is 23.2. The molecule has 0 saturated carbocycles. The van der Waals surface area contributed by atoms with Crippen molar-refractivity contribution in [2.45, 2.75) is 38.0 Å². The molecule has 1 aliphatic rings. The van der Waals surface area contributed by atoms with E-state index in [-0.39, 0.29) is 0 Å². The molecule has 2 nitrogen and oxygen atoms in total. The van der Waals surface area contributed by atoms with E-state index in [0.29, 0.717) is 6.04 Å². The number of nitrogens with one attached hydrogen (secondary N) is 1. The molecule has 16 heavy (non-hydrogen) atoms. The maximum absolute atomic E-state index is 5.71. The summed E-state index contributed by atoms with van der Waals surface area (Å²) in [6.07, 6.45) is 2.32. The number of thioether (sulfide) groups is 2. The van der Waals surface area contributed by atoms with Gasteiger partial charge in [0.15, 0.2) is 0 Å². The molecule has 1 saturated heterocycles. The van der Waals surface area contributed by atoms with Gasteiger partial charge in [-0.1, -0.05) is 13.8 Å². The van der Waals surface area contributed by atoms with Gasteiger partial charge in [0.2, 0.25) is 0 Å². The van der Waals surface area contributed by atoms with E-state index >= 15 is 0 Å². The molecule has 2 unspecified atom stereocenters. The molecule has 0 amide bonds. The summed E-state index contributed by atoms with van der Waals surface area (Å²) in [7, 11) is 0. The number of hydrogen-bond donors (Lipinski definition) is 1. The van der Waals surface area contributed by atoms with Gasteiger partial charge in [0, 0.05) is 35.2 Å². The van der Waals surface area contributed by atoms with E-state index < -0.39 is 0 Å². The van der Waals surface area contributed by atoms with Crippen LogP contribution >= 0.6 is 23.5 Å². The molecule has 1 aliphatic heterocycles. The molecule has 1 rings (SSSR count). The molecule has 1 heterocycles. The van der Waals surface area contributed by atoms with Gasteiger partial charge < -0.3 is 10.1 Å². The Morgan fingerprint density at radius 1 is 1.31 bits per heavy atom. The fraction of sp³-hybridized carbons (Fsp3) is 1.00. The molecule has 2 atom stereocenters. The molecular formula is C12H25NOS2. The first-order valence-corrected chi connectivity index (χ1v) is 8.59. The molecule has 1 fully saturated rings. The van der Waals surface area contributed by atoms with Crippen molar-refractivity contribution in [2.75, 3.05) is 37.0 Å². The molecule has 0 bridgehead atoms. The summed E-state index contributed by atoms with van der Waals surface area (Å²) < 4.78 is 5.71. The van der Waals surface area contributed by atoms with E-state index in [1.165, 1.54) is 23.7 Å². The Morgan fingerprint density at radius 2 is 2.19 bits per heavy atom. The van der Waals surface area contributed by atoms with Crippen molar-refractivity contribution < 1.29 is 4.74 Å². The van der Waals surface area contributed by atoms with Crippen molar-refractivity contribution in [1.82, 2.24) is 5.32 Å². The summed E-state index contributed by atoms with van der Waals surface area (Å²) in [5, 5.41) is 4.38. The predicted molar refractivity (Wildman–Crippen MR) is 76.8 cm³/mol. The first-order chi connectivity index (χ1) is 7.88. The van der Waals surface area contributed by atoms with Crippen molar-refractivity contribution in [1.29, 1.82) is 0 Å². The second kappa shape index (κ2) is 9.63. The zero-order chi connectivity index (χ0) is 11.6. The van der Waals surface area contributed by atoms with E-state index in [9.17, 15) is 0 Å². The molecule has 96 valence electrons. The lowest BCUT2D eigenvalue weighted by molar-refractivity contribution is 0.112. The van der Waals surface area contributed by atoms with Gasteiger partial charge in [-0.15, -0.1) is 0 Å². The summed E-state index contributed by atoms with van der Waals surface area (Å²) in [5.41, 5.74) is 0. The number of rotatable bonds is 8. The average molecular weight is 263 g/mol. The Bertz CT molecular complexity index is 163. The van der Waals surface area contributed by atoms with Crippen LogP contribution < -0.4 is 5.32 Å². The lowest BCUT2D eigenvalue weighted by atomic mass is 10.2. The van der Waals surface area contributed by atoms with Crippen LogP contribution in [0.2, 0.25) is 0 Å². The quantitative estimate of drug-likeness (QED) is 0.679. The maximum Gasteiger partial charge on any atom is 0.0630 e. The van der Waals surface area contributed by atoms with Gasteiger partial charge in [-0.05, 0) is 19.4 Å². The van der Waals surface area contributed by atoms with Gasteiger partial charge in [-0.25, -0.2) is 0 Å². The zero-order valence-corrected chi connectivity index (χ0v) is 12.2. The van der Waals surface area contributed by atoms with Gasteiger partial charge in [-0.2, -0.15) is 23.5 Å². The minimum Gasteiger partial charge on any atom is -0.380 e. The smallest absolute Gasteiger partial charge is 0.0630 e. The van der Waals surface area contributed by atoms with Gasteiger partial charge in [0.05, 0.1) is 6.61 Å². The molecule has 1 N–H and O–H groups in total. The van der Waals surface area contributed by atoms with E-state index in [1.54, 1.807) is 0 Å². The molecule has 0 aromatic rings. The third-order valence-electron chi connectivity index (χ3n) is 2.59.